The van der Waals surface area contributed by atoms with Crippen LogP contribution < -0.4 is 0 Å². The summed E-state index contributed by atoms with van der Waals surface area (Å²) in [6, 6.07) is 1.06. The smallest absolute Gasteiger partial charge is 0.110 e. The maximum absolute atomic E-state index is 9.00. The molecule has 1 fully saturated rings. The van der Waals surface area contributed by atoms with Gasteiger partial charge in [0.15, 0.2) is 0 Å². The molecule has 84 valence electrons. The molecule has 4 heteroatoms. The molecule has 1 aromatic rings. The van der Waals surface area contributed by atoms with E-state index >= 15 is 0 Å². The second-order valence-corrected chi connectivity index (χ2v) is 5.21. The second kappa shape index (κ2) is 4.60. The summed E-state index contributed by atoms with van der Waals surface area (Å²) in [5.41, 5.74) is 0.811. The van der Waals surface area contributed by atoms with E-state index in [9.17, 15) is 0 Å². The lowest BCUT2D eigenvalue weighted by molar-refractivity contribution is 0.204. The predicted molar refractivity (Wildman–Crippen MR) is 61.9 cm³/mol. The summed E-state index contributed by atoms with van der Waals surface area (Å²) in [6.07, 6.45) is 2.47. The molecule has 0 aromatic carbocycles. The van der Waals surface area contributed by atoms with E-state index in [0.29, 0.717) is 12.1 Å². The van der Waals surface area contributed by atoms with Gasteiger partial charge in [-0.2, -0.15) is 0 Å². The standard InChI is InChI=1S/C11H18N2OS/c1-8(2)13-5-3-4-10(13)11-12-9(6-14)7-15-11/h7-8,10,14H,3-6H2,1-2H3. The fourth-order valence-electron chi connectivity index (χ4n) is 2.22. The van der Waals surface area contributed by atoms with E-state index in [1.807, 2.05) is 5.38 Å². The highest BCUT2D eigenvalue weighted by molar-refractivity contribution is 7.09. The van der Waals surface area contributed by atoms with Crippen LogP contribution in [0, 0.1) is 0 Å². The Morgan fingerprint density at radius 2 is 2.47 bits per heavy atom. The molecule has 1 N–H and O–H groups in total. The molecule has 1 aliphatic rings. The minimum atomic E-state index is 0.0604. The lowest BCUT2D eigenvalue weighted by atomic mass is 10.2. The molecule has 1 aliphatic heterocycles. The number of likely N-dealkylation sites (tertiary alicyclic amines) is 1. The Kier molecular flexibility index (Phi) is 3.38. The molecule has 15 heavy (non-hydrogen) atoms. The Balaban J connectivity index is 2.15. The molecule has 1 saturated heterocycles. The van der Waals surface area contributed by atoms with E-state index < -0.39 is 0 Å². The first-order chi connectivity index (χ1) is 7.22. The minimum absolute atomic E-state index is 0.0604. The van der Waals surface area contributed by atoms with Gasteiger partial charge in [-0.05, 0) is 33.2 Å². The molecular formula is C11H18N2OS. The maximum Gasteiger partial charge on any atom is 0.110 e. The van der Waals surface area contributed by atoms with Crippen LogP contribution in [0.25, 0.3) is 0 Å². The zero-order valence-corrected chi connectivity index (χ0v) is 10.1. The Bertz CT molecular complexity index is 324. The molecule has 2 heterocycles. The molecule has 0 saturated carbocycles. The summed E-state index contributed by atoms with van der Waals surface area (Å²) in [6.45, 7) is 5.71. The second-order valence-electron chi connectivity index (χ2n) is 4.32. The van der Waals surface area contributed by atoms with Gasteiger partial charge in [0.25, 0.3) is 0 Å². The largest absolute Gasteiger partial charge is 0.390 e. The van der Waals surface area contributed by atoms with Crippen LogP contribution in [0.3, 0.4) is 0 Å². The Morgan fingerprint density at radius 1 is 1.67 bits per heavy atom. The number of aliphatic hydroxyl groups excluding tert-OH is 1. The summed E-state index contributed by atoms with van der Waals surface area (Å²) in [7, 11) is 0. The van der Waals surface area contributed by atoms with Crippen LogP contribution in [-0.4, -0.2) is 27.6 Å². The zero-order chi connectivity index (χ0) is 10.8. The fraction of sp³-hybridized carbons (Fsp3) is 0.727. The van der Waals surface area contributed by atoms with E-state index in [1.165, 1.54) is 24.4 Å². The van der Waals surface area contributed by atoms with Crippen LogP contribution in [0.5, 0.6) is 0 Å². The third-order valence-corrected chi connectivity index (χ3v) is 3.97. The molecule has 2 rings (SSSR count). The van der Waals surface area contributed by atoms with Gasteiger partial charge in [-0.15, -0.1) is 11.3 Å². The van der Waals surface area contributed by atoms with Gasteiger partial charge < -0.3 is 5.11 Å². The lowest BCUT2D eigenvalue weighted by Crippen LogP contribution is -2.30. The third-order valence-electron chi connectivity index (χ3n) is 2.97. The maximum atomic E-state index is 9.00. The van der Waals surface area contributed by atoms with E-state index in [4.69, 9.17) is 5.11 Å². The van der Waals surface area contributed by atoms with Gasteiger partial charge in [0.2, 0.25) is 0 Å². The summed E-state index contributed by atoms with van der Waals surface area (Å²) >= 11 is 1.68. The zero-order valence-electron chi connectivity index (χ0n) is 9.31. The quantitative estimate of drug-likeness (QED) is 0.858. The Labute approximate surface area is 94.8 Å². The summed E-state index contributed by atoms with van der Waals surface area (Å²) < 4.78 is 0. The van der Waals surface area contributed by atoms with Gasteiger partial charge in [0.1, 0.15) is 5.01 Å². The number of aliphatic hydroxyl groups is 1. The molecule has 3 nitrogen and oxygen atoms in total. The van der Waals surface area contributed by atoms with Gasteiger partial charge in [-0.1, -0.05) is 0 Å². The number of aromatic nitrogens is 1. The highest BCUT2D eigenvalue weighted by Crippen LogP contribution is 2.34. The number of nitrogens with zero attached hydrogens (tertiary/aromatic N) is 2. The molecule has 0 amide bonds. The highest BCUT2D eigenvalue weighted by Gasteiger charge is 2.29. The van der Waals surface area contributed by atoms with Crippen molar-refractivity contribution in [1.29, 1.82) is 0 Å². The highest BCUT2D eigenvalue weighted by atomic mass is 32.1. The SMILES string of the molecule is CC(C)N1CCCC1c1nc(CO)cs1. The topological polar surface area (TPSA) is 36.4 Å². The van der Waals surface area contributed by atoms with Crippen molar-refractivity contribution >= 4 is 11.3 Å². The van der Waals surface area contributed by atoms with Crippen molar-refractivity contribution in [2.24, 2.45) is 0 Å². The van der Waals surface area contributed by atoms with E-state index in [1.54, 1.807) is 11.3 Å². The molecule has 0 aliphatic carbocycles. The van der Waals surface area contributed by atoms with Gasteiger partial charge in [-0.25, -0.2) is 4.98 Å². The van der Waals surface area contributed by atoms with Gasteiger partial charge in [0, 0.05) is 11.4 Å². The lowest BCUT2D eigenvalue weighted by Gasteiger charge is -2.26. The molecular weight excluding hydrogens is 208 g/mol. The minimum Gasteiger partial charge on any atom is -0.390 e. The molecule has 1 aromatic heterocycles. The normalized spacial score (nSPS) is 22.8. The summed E-state index contributed by atoms with van der Waals surface area (Å²) in [4.78, 5) is 6.97. The number of thiazole rings is 1. The van der Waals surface area contributed by atoms with Crippen molar-refractivity contribution in [3.8, 4) is 0 Å². The molecule has 0 bridgehead atoms. The van der Waals surface area contributed by atoms with Gasteiger partial charge in [0.05, 0.1) is 18.3 Å². The first kappa shape index (κ1) is 11.0. The van der Waals surface area contributed by atoms with E-state index in [-0.39, 0.29) is 6.61 Å². The molecule has 0 spiro atoms. The third kappa shape index (κ3) is 2.22. The first-order valence-corrected chi connectivity index (χ1v) is 6.41. The monoisotopic (exact) mass is 226 g/mol. The average Bonchev–Trinajstić information content (AvgIpc) is 2.85. The van der Waals surface area contributed by atoms with Crippen LogP contribution in [-0.2, 0) is 6.61 Å². The van der Waals surface area contributed by atoms with Crippen LogP contribution >= 0.6 is 11.3 Å². The van der Waals surface area contributed by atoms with Crippen molar-refractivity contribution in [1.82, 2.24) is 9.88 Å². The number of hydrogen-bond acceptors (Lipinski definition) is 4. The van der Waals surface area contributed by atoms with Gasteiger partial charge >= 0.3 is 0 Å². The van der Waals surface area contributed by atoms with Crippen LogP contribution in [0.15, 0.2) is 5.38 Å². The van der Waals surface area contributed by atoms with Crippen molar-refractivity contribution in [3.63, 3.8) is 0 Å². The van der Waals surface area contributed by atoms with Crippen LogP contribution in [0.2, 0.25) is 0 Å². The number of hydrogen-bond donors (Lipinski definition) is 1. The van der Waals surface area contributed by atoms with Crippen molar-refractivity contribution < 1.29 is 5.11 Å². The average molecular weight is 226 g/mol. The van der Waals surface area contributed by atoms with Crippen LogP contribution in [0.1, 0.15) is 43.4 Å². The van der Waals surface area contributed by atoms with E-state index in [2.05, 4.69) is 23.7 Å². The predicted octanol–water partition coefficient (Wildman–Crippen LogP) is 2.18. The van der Waals surface area contributed by atoms with Crippen molar-refractivity contribution in [3.05, 3.63) is 16.1 Å². The summed E-state index contributed by atoms with van der Waals surface area (Å²) in [5, 5.41) is 12.1. The Hall–Kier alpha value is -0.450. The molecule has 1 unspecified atom stereocenters. The molecule has 0 radical (unpaired) electrons. The van der Waals surface area contributed by atoms with Crippen LogP contribution in [0.4, 0.5) is 0 Å². The van der Waals surface area contributed by atoms with Crippen molar-refractivity contribution in [2.75, 3.05) is 6.54 Å². The number of rotatable bonds is 3. The van der Waals surface area contributed by atoms with Crippen molar-refractivity contribution in [2.45, 2.75) is 45.4 Å². The van der Waals surface area contributed by atoms with Gasteiger partial charge in [-0.3, -0.25) is 4.90 Å². The Morgan fingerprint density at radius 3 is 3.07 bits per heavy atom. The molecule has 1 atom stereocenters. The first-order valence-electron chi connectivity index (χ1n) is 5.53. The fourth-order valence-corrected chi connectivity index (χ4v) is 3.18. The van der Waals surface area contributed by atoms with E-state index in [0.717, 1.165) is 5.69 Å². The summed E-state index contributed by atoms with van der Waals surface area (Å²) in [5.74, 6) is 0.